The van der Waals surface area contributed by atoms with Crippen LogP contribution in [0.1, 0.15) is 11.1 Å². The highest BCUT2D eigenvalue weighted by atomic mass is 32.1. The molecule has 0 bridgehead atoms. The monoisotopic (exact) mass is 449 g/mol. The highest BCUT2D eigenvalue weighted by molar-refractivity contribution is 7.07. The predicted molar refractivity (Wildman–Crippen MR) is 125 cm³/mol. The fourth-order valence-electron chi connectivity index (χ4n) is 3.15. The van der Waals surface area contributed by atoms with E-state index >= 15 is 0 Å². The summed E-state index contributed by atoms with van der Waals surface area (Å²) >= 11 is 1.50. The Balaban J connectivity index is 1.69. The van der Waals surface area contributed by atoms with Crippen LogP contribution in [0.2, 0.25) is 0 Å². The molecule has 164 valence electrons. The number of phenolic OH excluding ortho intramolecular Hbond substituents is 1. The van der Waals surface area contributed by atoms with Crippen LogP contribution in [0.25, 0.3) is 11.5 Å². The molecule has 8 heteroatoms. The number of nitrogens with zero attached hydrogens (tertiary/aromatic N) is 3. The first-order valence-corrected chi connectivity index (χ1v) is 10.9. The van der Waals surface area contributed by atoms with Crippen molar-refractivity contribution in [2.24, 2.45) is 10.1 Å². The molecule has 0 saturated heterocycles. The molecule has 0 aliphatic rings. The first kappa shape index (κ1) is 21.5. The van der Waals surface area contributed by atoms with E-state index in [1.54, 1.807) is 29.3 Å². The lowest BCUT2D eigenvalue weighted by Gasteiger charge is -2.09. The quantitative estimate of drug-likeness (QED) is 0.400. The zero-order valence-electron chi connectivity index (χ0n) is 17.8. The SMILES string of the molecule is COc1cc(C=Nn2c(-c3ccco3)csc2=NCCc2ccccc2)cc(OC)c1O. The number of hydrogen-bond acceptors (Lipinski definition) is 7. The Hall–Kier alpha value is -3.78. The summed E-state index contributed by atoms with van der Waals surface area (Å²) in [7, 11) is 2.98. The van der Waals surface area contributed by atoms with Gasteiger partial charge in [-0.3, -0.25) is 4.99 Å². The first-order valence-electron chi connectivity index (χ1n) is 9.97. The van der Waals surface area contributed by atoms with Gasteiger partial charge in [-0.2, -0.15) is 5.10 Å². The Bertz CT molecular complexity index is 1230. The van der Waals surface area contributed by atoms with Crippen molar-refractivity contribution in [3.8, 4) is 28.7 Å². The molecule has 0 saturated carbocycles. The molecule has 0 amide bonds. The fourth-order valence-corrected chi connectivity index (χ4v) is 4.00. The fraction of sp³-hybridized carbons (Fsp3) is 0.167. The van der Waals surface area contributed by atoms with Crippen LogP contribution in [-0.2, 0) is 6.42 Å². The van der Waals surface area contributed by atoms with Crippen molar-refractivity contribution < 1.29 is 19.0 Å². The average molecular weight is 450 g/mol. The van der Waals surface area contributed by atoms with Crippen molar-refractivity contribution in [1.82, 2.24) is 4.68 Å². The predicted octanol–water partition coefficient (Wildman–Crippen LogP) is 4.56. The van der Waals surface area contributed by atoms with Crippen LogP contribution in [0.5, 0.6) is 17.2 Å². The summed E-state index contributed by atoms with van der Waals surface area (Å²) in [6.07, 6.45) is 4.13. The summed E-state index contributed by atoms with van der Waals surface area (Å²) in [4.78, 5) is 5.51. The van der Waals surface area contributed by atoms with E-state index in [1.165, 1.54) is 31.1 Å². The molecule has 4 rings (SSSR count). The maximum absolute atomic E-state index is 10.1. The van der Waals surface area contributed by atoms with E-state index in [9.17, 15) is 5.11 Å². The van der Waals surface area contributed by atoms with Gasteiger partial charge in [-0.1, -0.05) is 30.3 Å². The number of thiazole rings is 1. The Kier molecular flexibility index (Phi) is 6.72. The molecular weight excluding hydrogens is 426 g/mol. The van der Waals surface area contributed by atoms with Gasteiger partial charge in [-0.25, -0.2) is 4.68 Å². The molecule has 32 heavy (non-hydrogen) atoms. The van der Waals surface area contributed by atoms with Crippen molar-refractivity contribution in [3.63, 3.8) is 0 Å². The highest BCUT2D eigenvalue weighted by Crippen LogP contribution is 2.36. The molecule has 0 aliphatic heterocycles. The standard InChI is InChI=1S/C24H23N3O4S/c1-29-21-13-18(14-22(30-2)23(21)28)15-26-27-19(20-9-6-12-31-20)16-32-24(27)25-11-10-17-7-4-3-5-8-17/h3-9,12-16,28H,10-11H2,1-2H3. The van der Waals surface area contributed by atoms with Crippen molar-refractivity contribution in [1.29, 1.82) is 0 Å². The molecule has 4 aromatic rings. The highest BCUT2D eigenvalue weighted by Gasteiger charge is 2.12. The Labute approximate surface area is 189 Å². The van der Waals surface area contributed by atoms with Gasteiger partial charge in [0.05, 0.1) is 26.7 Å². The average Bonchev–Trinajstić information content (AvgIpc) is 3.49. The van der Waals surface area contributed by atoms with Gasteiger partial charge in [-0.05, 0) is 36.2 Å². The normalized spacial score (nSPS) is 11.9. The number of ether oxygens (including phenoxy) is 2. The van der Waals surface area contributed by atoms with Gasteiger partial charge in [0, 0.05) is 17.5 Å². The second-order valence-corrected chi connectivity index (χ2v) is 7.67. The topological polar surface area (TPSA) is 81.5 Å². The number of methoxy groups -OCH3 is 2. The summed E-state index contributed by atoms with van der Waals surface area (Å²) in [5, 5.41) is 16.8. The minimum absolute atomic E-state index is 0.0526. The Morgan fingerprint density at radius 2 is 1.81 bits per heavy atom. The number of hydrogen-bond donors (Lipinski definition) is 1. The maximum Gasteiger partial charge on any atom is 0.206 e. The van der Waals surface area contributed by atoms with Crippen molar-refractivity contribution in [3.05, 3.63) is 82.2 Å². The van der Waals surface area contributed by atoms with Crippen LogP contribution in [-0.4, -0.2) is 36.8 Å². The lowest BCUT2D eigenvalue weighted by Crippen LogP contribution is -2.13. The van der Waals surface area contributed by atoms with E-state index in [-0.39, 0.29) is 5.75 Å². The summed E-state index contributed by atoms with van der Waals surface area (Å²) in [5.41, 5.74) is 2.74. The van der Waals surface area contributed by atoms with Gasteiger partial charge >= 0.3 is 0 Å². The van der Waals surface area contributed by atoms with Gasteiger partial charge in [0.25, 0.3) is 0 Å². The number of benzene rings is 2. The van der Waals surface area contributed by atoms with Crippen LogP contribution < -0.4 is 14.3 Å². The molecule has 0 radical (unpaired) electrons. The third kappa shape index (κ3) is 4.76. The number of furan rings is 1. The molecule has 0 unspecified atom stereocenters. The lowest BCUT2D eigenvalue weighted by atomic mass is 10.2. The zero-order chi connectivity index (χ0) is 22.3. The molecular formula is C24H23N3O4S. The van der Waals surface area contributed by atoms with E-state index in [0.717, 1.165) is 16.9 Å². The van der Waals surface area contributed by atoms with Gasteiger partial charge < -0.3 is 19.0 Å². The number of phenols is 1. The van der Waals surface area contributed by atoms with Gasteiger partial charge in [-0.15, -0.1) is 11.3 Å². The minimum Gasteiger partial charge on any atom is -0.502 e. The Morgan fingerprint density at radius 3 is 2.47 bits per heavy atom. The summed E-state index contributed by atoms with van der Waals surface area (Å²) in [6.45, 7) is 0.637. The van der Waals surface area contributed by atoms with Crippen LogP contribution in [0.4, 0.5) is 0 Å². The third-order valence-electron chi connectivity index (χ3n) is 4.77. The smallest absolute Gasteiger partial charge is 0.206 e. The van der Waals surface area contributed by atoms with E-state index in [1.807, 2.05) is 35.7 Å². The largest absolute Gasteiger partial charge is 0.502 e. The molecule has 7 nitrogen and oxygen atoms in total. The molecule has 2 aromatic carbocycles. The maximum atomic E-state index is 10.1. The second kappa shape index (κ2) is 10.0. The molecule has 0 aliphatic carbocycles. The van der Waals surface area contributed by atoms with Crippen molar-refractivity contribution in [2.75, 3.05) is 20.8 Å². The number of aromatic hydroxyl groups is 1. The van der Waals surface area contributed by atoms with Crippen LogP contribution in [0, 0.1) is 0 Å². The van der Waals surface area contributed by atoms with E-state index in [2.05, 4.69) is 17.2 Å². The summed E-state index contributed by atoms with van der Waals surface area (Å²) < 4.78 is 17.8. The Morgan fingerprint density at radius 1 is 1.06 bits per heavy atom. The number of rotatable bonds is 8. The summed E-state index contributed by atoms with van der Waals surface area (Å²) in [5.74, 6) is 1.26. The molecule has 0 atom stereocenters. The van der Waals surface area contributed by atoms with E-state index in [0.29, 0.717) is 29.4 Å². The van der Waals surface area contributed by atoms with E-state index < -0.39 is 0 Å². The van der Waals surface area contributed by atoms with Crippen molar-refractivity contribution >= 4 is 17.6 Å². The summed E-state index contributed by atoms with van der Waals surface area (Å²) in [6, 6.07) is 17.3. The molecule has 2 heterocycles. The van der Waals surface area contributed by atoms with Crippen LogP contribution in [0.3, 0.4) is 0 Å². The van der Waals surface area contributed by atoms with E-state index in [4.69, 9.17) is 18.9 Å². The molecule has 0 fully saturated rings. The zero-order valence-corrected chi connectivity index (χ0v) is 18.6. The molecule has 0 spiro atoms. The minimum atomic E-state index is -0.0526. The third-order valence-corrected chi connectivity index (χ3v) is 5.63. The second-order valence-electron chi connectivity index (χ2n) is 6.83. The van der Waals surface area contributed by atoms with Crippen molar-refractivity contribution in [2.45, 2.75) is 6.42 Å². The van der Waals surface area contributed by atoms with Gasteiger partial charge in [0.15, 0.2) is 17.3 Å². The lowest BCUT2D eigenvalue weighted by molar-refractivity contribution is 0.340. The number of aromatic nitrogens is 1. The molecule has 1 N–H and O–H groups in total. The van der Waals surface area contributed by atoms with Gasteiger partial charge in [0.1, 0.15) is 5.69 Å². The van der Waals surface area contributed by atoms with Gasteiger partial charge in [0.2, 0.25) is 10.6 Å². The van der Waals surface area contributed by atoms with Crippen LogP contribution >= 0.6 is 11.3 Å². The first-order chi connectivity index (χ1) is 15.7. The van der Waals surface area contributed by atoms with Crippen LogP contribution in [0.15, 0.2) is 80.8 Å². The molecule has 2 aromatic heterocycles.